The first kappa shape index (κ1) is 14.3. The molecule has 2 aromatic heterocycles. The summed E-state index contributed by atoms with van der Waals surface area (Å²) in [5, 5.41) is 5.64. The molecule has 0 unspecified atom stereocenters. The number of nitrogens with one attached hydrogen (secondary N) is 1. The maximum absolute atomic E-state index is 3.53. The standard InChI is InChI=1S/C15H11Br2NS2/c16-12-8-10(20-15(12)17)9-18-13-5-2-1-4-11(13)14-6-3-7-19-14/h1-8,18H,9H2. The minimum Gasteiger partial charge on any atom is -0.380 e. The topological polar surface area (TPSA) is 12.0 Å². The summed E-state index contributed by atoms with van der Waals surface area (Å²) in [5.41, 5.74) is 2.44. The third-order valence-electron chi connectivity index (χ3n) is 2.86. The first-order chi connectivity index (χ1) is 9.74. The molecule has 0 aliphatic heterocycles. The predicted octanol–water partition coefficient (Wildman–Crippen LogP) is 6.61. The fraction of sp³-hybridized carbons (Fsp3) is 0.0667. The Morgan fingerprint density at radius 1 is 1.05 bits per heavy atom. The van der Waals surface area contributed by atoms with Crippen molar-refractivity contribution in [3.8, 4) is 10.4 Å². The fourth-order valence-corrected chi connectivity index (χ4v) is 4.83. The van der Waals surface area contributed by atoms with Gasteiger partial charge in [-0.05, 0) is 55.4 Å². The molecule has 0 aliphatic rings. The van der Waals surface area contributed by atoms with Gasteiger partial charge in [0.25, 0.3) is 0 Å². The molecule has 0 bridgehead atoms. The number of para-hydroxylation sites is 1. The molecule has 102 valence electrons. The van der Waals surface area contributed by atoms with Gasteiger partial charge in [-0.25, -0.2) is 0 Å². The number of halogens is 2. The summed E-state index contributed by atoms with van der Waals surface area (Å²) >= 11 is 10.6. The van der Waals surface area contributed by atoms with Crippen LogP contribution < -0.4 is 5.32 Å². The summed E-state index contributed by atoms with van der Waals surface area (Å²) in [4.78, 5) is 2.59. The predicted molar refractivity (Wildman–Crippen MR) is 96.8 cm³/mol. The number of rotatable bonds is 4. The summed E-state index contributed by atoms with van der Waals surface area (Å²) < 4.78 is 2.26. The van der Waals surface area contributed by atoms with Gasteiger partial charge in [0.2, 0.25) is 0 Å². The molecular weight excluding hydrogens is 418 g/mol. The third-order valence-corrected chi connectivity index (χ3v) is 7.02. The fourth-order valence-electron chi connectivity index (χ4n) is 1.94. The van der Waals surface area contributed by atoms with Crippen molar-refractivity contribution >= 4 is 60.2 Å². The highest BCUT2D eigenvalue weighted by Gasteiger charge is 2.07. The van der Waals surface area contributed by atoms with Gasteiger partial charge >= 0.3 is 0 Å². The van der Waals surface area contributed by atoms with Crippen molar-refractivity contribution in [2.75, 3.05) is 5.32 Å². The molecule has 2 heterocycles. The van der Waals surface area contributed by atoms with E-state index in [-0.39, 0.29) is 0 Å². The van der Waals surface area contributed by atoms with E-state index < -0.39 is 0 Å². The Labute approximate surface area is 142 Å². The average molecular weight is 429 g/mol. The lowest BCUT2D eigenvalue weighted by molar-refractivity contribution is 1.19. The Morgan fingerprint density at radius 3 is 2.60 bits per heavy atom. The van der Waals surface area contributed by atoms with Gasteiger partial charge in [-0.2, -0.15) is 0 Å². The SMILES string of the molecule is Brc1cc(CNc2ccccc2-c2cccs2)sc1Br. The summed E-state index contributed by atoms with van der Waals surface area (Å²) in [6, 6.07) is 14.8. The van der Waals surface area contributed by atoms with E-state index in [9.17, 15) is 0 Å². The second-order valence-corrected chi connectivity index (χ2v) is 8.47. The number of hydrogen-bond donors (Lipinski definition) is 1. The highest BCUT2D eigenvalue weighted by molar-refractivity contribution is 9.13. The van der Waals surface area contributed by atoms with Gasteiger partial charge in [0.1, 0.15) is 0 Å². The van der Waals surface area contributed by atoms with Crippen LogP contribution in [0.1, 0.15) is 4.88 Å². The lowest BCUT2D eigenvalue weighted by Crippen LogP contribution is -1.98. The summed E-state index contributed by atoms with van der Waals surface area (Å²) in [6.07, 6.45) is 0. The van der Waals surface area contributed by atoms with Gasteiger partial charge in [-0.1, -0.05) is 24.3 Å². The molecule has 1 nitrogen and oxygen atoms in total. The summed E-state index contributed by atoms with van der Waals surface area (Å²) in [7, 11) is 0. The van der Waals surface area contributed by atoms with Crippen molar-refractivity contribution in [3.05, 3.63) is 61.0 Å². The summed E-state index contributed by atoms with van der Waals surface area (Å²) in [5.74, 6) is 0. The zero-order valence-corrected chi connectivity index (χ0v) is 15.2. The molecule has 1 aromatic carbocycles. The first-order valence-corrected chi connectivity index (χ1v) is 9.33. The van der Waals surface area contributed by atoms with Crippen LogP contribution in [0.4, 0.5) is 5.69 Å². The number of benzene rings is 1. The van der Waals surface area contributed by atoms with Crippen LogP contribution in [0.15, 0.2) is 56.1 Å². The monoisotopic (exact) mass is 427 g/mol. The van der Waals surface area contributed by atoms with Crippen molar-refractivity contribution < 1.29 is 0 Å². The van der Waals surface area contributed by atoms with Crippen LogP contribution >= 0.6 is 54.5 Å². The van der Waals surface area contributed by atoms with E-state index in [1.807, 2.05) is 0 Å². The second-order valence-electron chi connectivity index (χ2n) is 4.21. The van der Waals surface area contributed by atoms with E-state index in [1.165, 1.54) is 21.0 Å². The Hall–Kier alpha value is -0.620. The molecule has 0 fully saturated rings. The van der Waals surface area contributed by atoms with Crippen LogP contribution in [0.25, 0.3) is 10.4 Å². The molecule has 1 N–H and O–H groups in total. The summed E-state index contributed by atoms with van der Waals surface area (Å²) in [6.45, 7) is 0.831. The van der Waals surface area contributed by atoms with Crippen molar-refractivity contribution in [1.82, 2.24) is 0 Å². The Kier molecular flexibility index (Phi) is 4.61. The number of hydrogen-bond acceptors (Lipinski definition) is 3. The highest BCUT2D eigenvalue weighted by atomic mass is 79.9. The Balaban J connectivity index is 1.81. The molecule has 5 heteroatoms. The quantitative estimate of drug-likeness (QED) is 0.492. The Bertz CT molecular complexity index is 685. The van der Waals surface area contributed by atoms with Crippen molar-refractivity contribution in [1.29, 1.82) is 0 Å². The van der Waals surface area contributed by atoms with Crippen LogP contribution in [0.3, 0.4) is 0 Å². The van der Waals surface area contributed by atoms with Crippen LogP contribution in [-0.4, -0.2) is 0 Å². The molecule has 0 amide bonds. The molecule has 0 aliphatic carbocycles. The largest absolute Gasteiger partial charge is 0.380 e. The highest BCUT2D eigenvalue weighted by Crippen LogP contribution is 2.34. The van der Waals surface area contributed by atoms with Crippen LogP contribution in [0.2, 0.25) is 0 Å². The van der Waals surface area contributed by atoms with Crippen LogP contribution in [0, 0.1) is 0 Å². The minimum atomic E-state index is 0.831. The van der Waals surface area contributed by atoms with E-state index in [4.69, 9.17) is 0 Å². The molecule has 0 atom stereocenters. The average Bonchev–Trinajstić information content (AvgIpc) is 3.08. The maximum Gasteiger partial charge on any atom is 0.0843 e. The van der Waals surface area contributed by atoms with Crippen molar-refractivity contribution in [2.45, 2.75) is 6.54 Å². The molecule has 3 aromatic rings. The zero-order chi connectivity index (χ0) is 13.9. The molecule has 3 rings (SSSR count). The van der Waals surface area contributed by atoms with E-state index in [0.717, 1.165) is 14.8 Å². The molecule has 0 saturated carbocycles. The smallest absolute Gasteiger partial charge is 0.0843 e. The van der Waals surface area contributed by atoms with Crippen molar-refractivity contribution in [2.24, 2.45) is 0 Å². The second kappa shape index (κ2) is 6.43. The lowest BCUT2D eigenvalue weighted by Gasteiger charge is -2.10. The third kappa shape index (κ3) is 3.17. The van der Waals surface area contributed by atoms with Gasteiger partial charge < -0.3 is 5.32 Å². The maximum atomic E-state index is 3.53. The van der Waals surface area contributed by atoms with Crippen LogP contribution in [0.5, 0.6) is 0 Å². The molecule has 0 saturated heterocycles. The molecule has 20 heavy (non-hydrogen) atoms. The van der Waals surface area contributed by atoms with E-state index >= 15 is 0 Å². The van der Waals surface area contributed by atoms with Crippen molar-refractivity contribution in [3.63, 3.8) is 0 Å². The van der Waals surface area contributed by atoms with E-state index in [0.29, 0.717) is 0 Å². The molecule has 0 spiro atoms. The minimum absolute atomic E-state index is 0.831. The van der Waals surface area contributed by atoms with Gasteiger partial charge in [0.05, 0.1) is 3.79 Å². The van der Waals surface area contributed by atoms with Crippen LogP contribution in [-0.2, 0) is 6.54 Å². The van der Waals surface area contributed by atoms with Gasteiger partial charge in [-0.15, -0.1) is 22.7 Å². The van der Waals surface area contributed by atoms with E-state index in [2.05, 4.69) is 85.0 Å². The van der Waals surface area contributed by atoms with Gasteiger partial charge in [0, 0.05) is 32.0 Å². The lowest BCUT2D eigenvalue weighted by atomic mass is 10.1. The van der Waals surface area contributed by atoms with Gasteiger partial charge in [-0.3, -0.25) is 0 Å². The Morgan fingerprint density at radius 2 is 1.90 bits per heavy atom. The number of anilines is 1. The zero-order valence-electron chi connectivity index (χ0n) is 10.4. The molecule has 0 radical (unpaired) electrons. The molecular formula is C15H11Br2NS2. The van der Waals surface area contributed by atoms with E-state index in [1.54, 1.807) is 22.7 Å². The normalized spacial score (nSPS) is 10.7. The number of thiophene rings is 2. The van der Waals surface area contributed by atoms with Gasteiger partial charge in [0.15, 0.2) is 0 Å². The first-order valence-electron chi connectivity index (χ1n) is 6.04.